The van der Waals surface area contributed by atoms with Crippen LogP contribution in [-0.4, -0.2) is 53.1 Å². The number of nitrogens with zero attached hydrogens (tertiary/aromatic N) is 3. The highest BCUT2D eigenvalue weighted by Gasteiger charge is 2.31. The van der Waals surface area contributed by atoms with E-state index in [-0.39, 0.29) is 18.9 Å². The van der Waals surface area contributed by atoms with Crippen molar-refractivity contribution in [3.63, 3.8) is 0 Å². The molecule has 1 aliphatic rings. The van der Waals surface area contributed by atoms with Gasteiger partial charge in [0, 0.05) is 19.6 Å². The maximum absolute atomic E-state index is 14.2. The number of nitrogens with two attached hydrogens (primary N) is 1. The van der Waals surface area contributed by atoms with E-state index < -0.39 is 12.2 Å². The zero-order valence-electron chi connectivity index (χ0n) is 12.6. The summed E-state index contributed by atoms with van der Waals surface area (Å²) in [5.41, 5.74) is 6.53. The third kappa shape index (κ3) is 3.51. The fourth-order valence-electron chi connectivity index (χ4n) is 2.47. The molecule has 2 rings (SSSR count). The zero-order chi connectivity index (χ0) is 16.1. The van der Waals surface area contributed by atoms with Crippen LogP contribution in [-0.2, 0) is 11.3 Å². The van der Waals surface area contributed by atoms with Crippen molar-refractivity contribution in [1.29, 1.82) is 0 Å². The van der Waals surface area contributed by atoms with Crippen LogP contribution in [0.5, 0.6) is 0 Å². The average molecular weight is 308 g/mol. The second kappa shape index (κ2) is 7.17. The third-order valence-corrected chi connectivity index (χ3v) is 3.67. The van der Waals surface area contributed by atoms with Crippen LogP contribution in [0.15, 0.2) is 19.0 Å². The Labute approximate surface area is 128 Å². The lowest BCUT2D eigenvalue weighted by Gasteiger charge is -2.35. The van der Waals surface area contributed by atoms with Crippen molar-refractivity contribution in [2.45, 2.75) is 25.2 Å². The molecule has 1 aliphatic heterocycles. The van der Waals surface area contributed by atoms with Gasteiger partial charge in [-0.05, 0) is 19.5 Å². The number of piperidine rings is 1. The summed E-state index contributed by atoms with van der Waals surface area (Å²) < 4.78 is 14.2. The first-order chi connectivity index (χ1) is 10.6. The number of aromatic nitrogens is 2. The van der Waals surface area contributed by atoms with Gasteiger partial charge in [0.25, 0.3) is 0 Å². The first-order valence-electron chi connectivity index (χ1n) is 7.12. The Balaban J connectivity index is 2.16. The number of hydrogen-bond acceptors (Lipinski definition) is 6. The lowest BCUT2D eigenvalue weighted by molar-refractivity contribution is -0.127. The number of likely N-dealkylation sites (tertiary alicyclic amines) is 1. The first-order valence-corrected chi connectivity index (χ1v) is 7.12. The van der Waals surface area contributed by atoms with Gasteiger partial charge in [0.1, 0.15) is 24.1 Å². The van der Waals surface area contributed by atoms with Crippen molar-refractivity contribution in [2.24, 2.45) is 0 Å². The molecule has 0 aromatic carbocycles. The number of hydrogen-bond donors (Lipinski definition) is 3. The Morgan fingerprint density at radius 1 is 1.64 bits per heavy atom. The Bertz CT molecular complexity index is 552. The molecule has 7 nitrogen and oxygen atoms in total. The van der Waals surface area contributed by atoms with Crippen LogP contribution < -0.4 is 16.4 Å². The number of carbonyl (C=O) groups excluding carboxylic acids is 1. The number of nitrogen functional groups attached to an aromatic ring is 1. The Morgan fingerprint density at radius 3 is 3.09 bits per heavy atom. The Hall–Kier alpha value is -2.22. The molecule has 2 atom stereocenters. The number of rotatable bonds is 5. The van der Waals surface area contributed by atoms with Crippen LogP contribution in [0.2, 0.25) is 0 Å². The summed E-state index contributed by atoms with van der Waals surface area (Å²) in [6.07, 6.45) is 1.79. The maximum Gasteiger partial charge on any atom is 0.246 e. The summed E-state index contributed by atoms with van der Waals surface area (Å²) in [5, 5.41) is 6.04. The molecular formula is C14H21FN6O. The fraction of sp³-hybridized carbons (Fsp3) is 0.500. The molecule has 4 N–H and O–H groups in total. The summed E-state index contributed by atoms with van der Waals surface area (Å²) in [5.74, 6) is 0.635. The molecule has 1 fully saturated rings. The van der Waals surface area contributed by atoms with E-state index in [1.54, 1.807) is 11.9 Å². The van der Waals surface area contributed by atoms with Crippen LogP contribution >= 0.6 is 0 Å². The Kier molecular flexibility index (Phi) is 5.26. The monoisotopic (exact) mass is 308 g/mol. The van der Waals surface area contributed by atoms with Gasteiger partial charge in [-0.1, -0.05) is 6.58 Å². The molecule has 1 saturated heterocycles. The quantitative estimate of drug-likeness (QED) is 0.678. The van der Waals surface area contributed by atoms with Crippen molar-refractivity contribution < 1.29 is 9.18 Å². The molecule has 1 aromatic heterocycles. The highest BCUT2D eigenvalue weighted by Crippen LogP contribution is 2.22. The maximum atomic E-state index is 14.2. The molecule has 120 valence electrons. The largest absolute Gasteiger partial charge is 0.383 e. The van der Waals surface area contributed by atoms with E-state index in [0.717, 1.165) is 0 Å². The van der Waals surface area contributed by atoms with Gasteiger partial charge < -0.3 is 21.3 Å². The van der Waals surface area contributed by atoms with Crippen LogP contribution in [0.25, 0.3) is 0 Å². The van der Waals surface area contributed by atoms with Crippen LogP contribution in [0.3, 0.4) is 0 Å². The molecule has 22 heavy (non-hydrogen) atoms. The zero-order valence-corrected chi connectivity index (χ0v) is 12.6. The number of halogens is 1. The number of amides is 1. The summed E-state index contributed by atoms with van der Waals surface area (Å²) in [4.78, 5) is 21.4. The van der Waals surface area contributed by atoms with Gasteiger partial charge in [0.05, 0.1) is 11.6 Å². The molecule has 2 heterocycles. The first kappa shape index (κ1) is 16.2. The molecule has 0 spiro atoms. The third-order valence-electron chi connectivity index (χ3n) is 3.67. The normalized spacial score (nSPS) is 21.5. The number of anilines is 2. The smallest absolute Gasteiger partial charge is 0.246 e. The van der Waals surface area contributed by atoms with E-state index in [1.165, 1.54) is 12.4 Å². The van der Waals surface area contributed by atoms with Crippen molar-refractivity contribution in [2.75, 3.05) is 31.2 Å². The van der Waals surface area contributed by atoms with Gasteiger partial charge in [-0.15, -0.1) is 0 Å². The van der Waals surface area contributed by atoms with E-state index in [2.05, 4.69) is 27.2 Å². The molecule has 0 bridgehead atoms. The van der Waals surface area contributed by atoms with Crippen molar-refractivity contribution >= 4 is 17.5 Å². The minimum atomic E-state index is -1.06. The Morgan fingerprint density at radius 2 is 2.41 bits per heavy atom. The number of nitrogens with one attached hydrogen (secondary N) is 2. The summed E-state index contributed by atoms with van der Waals surface area (Å²) >= 11 is 0. The van der Waals surface area contributed by atoms with Crippen molar-refractivity contribution in [3.8, 4) is 0 Å². The van der Waals surface area contributed by atoms with E-state index in [0.29, 0.717) is 30.3 Å². The number of carbonyl (C=O) groups is 1. The molecule has 1 aromatic rings. The summed E-state index contributed by atoms with van der Waals surface area (Å²) in [7, 11) is 1.78. The summed E-state index contributed by atoms with van der Waals surface area (Å²) in [6, 6.07) is -0.539. The van der Waals surface area contributed by atoms with Gasteiger partial charge >= 0.3 is 0 Å². The predicted molar refractivity (Wildman–Crippen MR) is 82.9 cm³/mol. The molecule has 0 radical (unpaired) electrons. The van der Waals surface area contributed by atoms with Crippen LogP contribution in [0.4, 0.5) is 16.0 Å². The summed E-state index contributed by atoms with van der Waals surface area (Å²) in [6.45, 7) is 4.58. The molecule has 1 amide bonds. The van der Waals surface area contributed by atoms with E-state index in [4.69, 9.17) is 5.73 Å². The van der Waals surface area contributed by atoms with Crippen molar-refractivity contribution in [3.05, 3.63) is 24.5 Å². The topological polar surface area (TPSA) is 96.2 Å². The lowest BCUT2D eigenvalue weighted by Crippen LogP contribution is -2.50. The predicted octanol–water partition coefficient (Wildman–Crippen LogP) is 0.315. The van der Waals surface area contributed by atoms with Crippen molar-refractivity contribution in [1.82, 2.24) is 20.2 Å². The van der Waals surface area contributed by atoms with Gasteiger partial charge in [0.2, 0.25) is 5.91 Å². The minimum Gasteiger partial charge on any atom is -0.383 e. The molecule has 1 unspecified atom stereocenters. The molecular weight excluding hydrogens is 287 g/mol. The SMILES string of the molecule is C=CC(=O)N1CCC(F)[C@@H](Nc2ncnc(N)c2CNC)C1. The van der Waals surface area contributed by atoms with E-state index in [9.17, 15) is 9.18 Å². The number of alkyl halides is 1. The average Bonchev–Trinajstić information content (AvgIpc) is 2.52. The standard InChI is InChI=1S/C14H21FN6O/c1-3-12(22)21-5-4-10(15)11(7-21)20-14-9(6-17-2)13(16)18-8-19-14/h3,8,10-11,17H,1,4-7H2,2H3,(H3,16,18,19,20)/t10?,11-/m0/s1. The molecule has 0 aliphatic carbocycles. The fourth-order valence-corrected chi connectivity index (χ4v) is 2.47. The highest BCUT2D eigenvalue weighted by atomic mass is 19.1. The second-order valence-corrected chi connectivity index (χ2v) is 5.16. The van der Waals surface area contributed by atoms with Crippen LogP contribution in [0.1, 0.15) is 12.0 Å². The van der Waals surface area contributed by atoms with Gasteiger partial charge in [-0.3, -0.25) is 4.79 Å². The van der Waals surface area contributed by atoms with Gasteiger partial charge in [-0.2, -0.15) is 0 Å². The minimum absolute atomic E-state index is 0.198. The van der Waals surface area contributed by atoms with Gasteiger partial charge in [-0.25, -0.2) is 14.4 Å². The second-order valence-electron chi connectivity index (χ2n) is 5.16. The van der Waals surface area contributed by atoms with Crippen LogP contribution in [0, 0.1) is 0 Å². The molecule has 8 heteroatoms. The lowest BCUT2D eigenvalue weighted by atomic mass is 10.0. The van der Waals surface area contributed by atoms with E-state index >= 15 is 0 Å². The van der Waals surface area contributed by atoms with Gasteiger partial charge in [0.15, 0.2) is 0 Å². The highest BCUT2D eigenvalue weighted by molar-refractivity contribution is 5.87. The molecule has 0 saturated carbocycles. The van der Waals surface area contributed by atoms with E-state index in [1.807, 2.05) is 0 Å².